The monoisotopic (exact) mass is 396 g/mol. The Kier molecular flexibility index (Phi) is 5.56. The Morgan fingerprint density at radius 1 is 1.07 bits per heavy atom. The van der Waals surface area contributed by atoms with Crippen molar-refractivity contribution in [1.82, 2.24) is 9.97 Å². The van der Waals surface area contributed by atoms with Crippen LogP contribution in [-0.4, -0.2) is 30.4 Å². The van der Waals surface area contributed by atoms with Crippen molar-refractivity contribution in [1.29, 1.82) is 0 Å². The predicted octanol–water partition coefficient (Wildman–Crippen LogP) is 3.22. The van der Waals surface area contributed by atoms with Gasteiger partial charge in [-0.05, 0) is 23.6 Å². The van der Waals surface area contributed by atoms with Gasteiger partial charge in [0.2, 0.25) is 0 Å². The van der Waals surface area contributed by atoms with Gasteiger partial charge < -0.3 is 4.98 Å². The number of aromatic nitrogens is 2. The number of hydrogen-bond donors (Lipinski definition) is 1. The van der Waals surface area contributed by atoms with Gasteiger partial charge in [-0.25, -0.2) is 13.4 Å². The van der Waals surface area contributed by atoms with Crippen molar-refractivity contribution in [3.8, 4) is 11.4 Å². The van der Waals surface area contributed by atoms with E-state index in [1.807, 2.05) is 25.1 Å². The SMILES string of the molecule is CC(CC(=O)c1cc(=O)[nH]c(-c2ccccc2)n1)c1ccc(S(C)(=O)=O)cc1. The van der Waals surface area contributed by atoms with Crippen molar-refractivity contribution in [3.63, 3.8) is 0 Å². The summed E-state index contributed by atoms with van der Waals surface area (Å²) in [7, 11) is -3.26. The molecule has 0 aliphatic rings. The molecule has 0 bridgehead atoms. The van der Waals surface area contributed by atoms with Crippen LogP contribution < -0.4 is 5.56 Å². The molecule has 0 radical (unpaired) electrons. The van der Waals surface area contributed by atoms with Crippen molar-refractivity contribution in [2.45, 2.75) is 24.2 Å². The minimum Gasteiger partial charge on any atom is -0.306 e. The summed E-state index contributed by atoms with van der Waals surface area (Å²) in [4.78, 5) is 31.8. The molecule has 0 amide bonds. The molecule has 3 rings (SSSR count). The van der Waals surface area contributed by atoms with E-state index in [0.717, 1.165) is 17.4 Å². The lowest BCUT2D eigenvalue weighted by molar-refractivity contribution is 0.0970. The van der Waals surface area contributed by atoms with Gasteiger partial charge in [0.15, 0.2) is 15.6 Å². The van der Waals surface area contributed by atoms with Crippen molar-refractivity contribution < 1.29 is 13.2 Å². The van der Waals surface area contributed by atoms with Crippen LogP contribution in [0.5, 0.6) is 0 Å². The van der Waals surface area contributed by atoms with Gasteiger partial charge in [-0.15, -0.1) is 0 Å². The Balaban J connectivity index is 1.81. The second kappa shape index (κ2) is 7.90. The van der Waals surface area contributed by atoms with Crippen LogP contribution in [-0.2, 0) is 9.84 Å². The summed E-state index contributed by atoms with van der Waals surface area (Å²) < 4.78 is 23.1. The Morgan fingerprint density at radius 3 is 2.32 bits per heavy atom. The summed E-state index contributed by atoms with van der Waals surface area (Å²) in [5.41, 5.74) is 1.29. The van der Waals surface area contributed by atoms with Crippen molar-refractivity contribution in [2.75, 3.05) is 6.26 Å². The first-order valence-corrected chi connectivity index (χ1v) is 10.6. The molecule has 1 heterocycles. The van der Waals surface area contributed by atoms with Crippen LogP contribution in [0.4, 0.5) is 0 Å². The van der Waals surface area contributed by atoms with E-state index < -0.39 is 9.84 Å². The van der Waals surface area contributed by atoms with Gasteiger partial charge in [-0.3, -0.25) is 9.59 Å². The second-order valence-corrected chi connectivity index (χ2v) is 8.73. The molecule has 0 spiro atoms. The maximum absolute atomic E-state index is 12.7. The van der Waals surface area contributed by atoms with E-state index in [9.17, 15) is 18.0 Å². The number of H-pyrrole nitrogens is 1. The summed E-state index contributed by atoms with van der Waals surface area (Å²) in [5, 5.41) is 0. The molecule has 0 fully saturated rings. The van der Waals surface area contributed by atoms with Crippen LogP contribution in [0.15, 0.2) is 70.4 Å². The quantitative estimate of drug-likeness (QED) is 0.645. The fourth-order valence-electron chi connectivity index (χ4n) is 2.88. The summed E-state index contributed by atoms with van der Waals surface area (Å²) in [6, 6.07) is 16.8. The van der Waals surface area contributed by atoms with Crippen LogP contribution in [0.1, 0.15) is 35.3 Å². The summed E-state index contributed by atoms with van der Waals surface area (Å²) >= 11 is 0. The van der Waals surface area contributed by atoms with Gasteiger partial charge >= 0.3 is 0 Å². The number of nitrogens with one attached hydrogen (secondary N) is 1. The van der Waals surface area contributed by atoms with Gasteiger partial charge in [0.1, 0.15) is 11.5 Å². The van der Waals surface area contributed by atoms with E-state index in [1.54, 1.807) is 24.3 Å². The van der Waals surface area contributed by atoms with Gasteiger partial charge in [-0.1, -0.05) is 49.4 Å². The molecule has 0 saturated carbocycles. The largest absolute Gasteiger partial charge is 0.306 e. The fraction of sp³-hybridized carbons (Fsp3) is 0.190. The van der Waals surface area contributed by atoms with Crippen LogP contribution in [0.2, 0.25) is 0 Å². The number of nitrogens with zero attached hydrogens (tertiary/aromatic N) is 1. The third kappa shape index (κ3) is 4.61. The van der Waals surface area contributed by atoms with E-state index in [4.69, 9.17) is 0 Å². The Hall–Kier alpha value is -3.06. The molecule has 2 aromatic carbocycles. The topological polar surface area (TPSA) is 97.0 Å². The number of benzene rings is 2. The standard InChI is InChI=1S/C21H20N2O4S/c1-14(15-8-10-17(11-9-15)28(2,26)27)12-19(24)18-13-20(25)23-21(22-18)16-6-4-3-5-7-16/h3-11,13-14H,12H2,1-2H3,(H,22,23,25). The van der Waals surface area contributed by atoms with Crippen LogP contribution in [0.3, 0.4) is 0 Å². The van der Waals surface area contributed by atoms with Crippen LogP contribution >= 0.6 is 0 Å². The van der Waals surface area contributed by atoms with E-state index >= 15 is 0 Å². The number of carbonyl (C=O) groups is 1. The predicted molar refractivity (Wildman–Crippen MR) is 107 cm³/mol. The van der Waals surface area contributed by atoms with E-state index in [0.29, 0.717) is 5.82 Å². The number of aromatic amines is 1. The molecule has 1 N–H and O–H groups in total. The first-order valence-electron chi connectivity index (χ1n) is 8.74. The van der Waals surface area contributed by atoms with Crippen molar-refractivity contribution in [2.24, 2.45) is 0 Å². The molecule has 3 aromatic rings. The van der Waals surface area contributed by atoms with Crippen molar-refractivity contribution >= 4 is 15.6 Å². The average Bonchev–Trinajstić information content (AvgIpc) is 2.67. The molecular weight excluding hydrogens is 376 g/mol. The highest BCUT2D eigenvalue weighted by molar-refractivity contribution is 7.90. The highest BCUT2D eigenvalue weighted by atomic mass is 32.2. The maximum Gasteiger partial charge on any atom is 0.251 e. The first kappa shape index (κ1) is 19.7. The Morgan fingerprint density at radius 2 is 1.71 bits per heavy atom. The highest BCUT2D eigenvalue weighted by Gasteiger charge is 2.17. The third-order valence-corrected chi connectivity index (χ3v) is 5.57. The number of sulfone groups is 1. The lowest BCUT2D eigenvalue weighted by Gasteiger charge is -2.12. The Bertz CT molecular complexity index is 1150. The average molecular weight is 396 g/mol. The maximum atomic E-state index is 12.7. The zero-order chi connectivity index (χ0) is 20.3. The van der Waals surface area contributed by atoms with E-state index in [-0.39, 0.29) is 34.3 Å². The third-order valence-electron chi connectivity index (χ3n) is 4.44. The lowest BCUT2D eigenvalue weighted by Crippen LogP contribution is -2.15. The highest BCUT2D eigenvalue weighted by Crippen LogP contribution is 2.23. The van der Waals surface area contributed by atoms with Gasteiger partial charge in [0, 0.05) is 24.3 Å². The molecule has 144 valence electrons. The molecule has 0 aliphatic heterocycles. The molecule has 1 unspecified atom stereocenters. The van der Waals surface area contributed by atoms with Gasteiger partial charge in [0.25, 0.3) is 5.56 Å². The number of carbonyl (C=O) groups excluding carboxylic acids is 1. The Labute approximate surface area is 163 Å². The van der Waals surface area contributed by atoms with E-state index in [2.05, 4.69) is 9.97 Å². The smallest absolute Gasteiger partial charge is 0.251 e. The normalized spacial score (nSPS) is 12.5. The number of rotatable bonds is 6. The van der Waals surface area contributed by atoms with Gasteiger partial charge in [0.05, 0.1) is 4.90 Å². The second-order valence-electron chi connectivity index (χ2n) is 6.71. The van der Waals surface area contributed by atoms with Crippen molar-refractivity contribution in [3.05, 3.63) is 82.3 Å². The zero-order valence-corrected chi connectivity index (χ0v) is 16.4. The fourth-order valence-corrected chi connectivity index (χ4v) is 3.51. The first-order chi connectivity index (χ1) is 13.2. The molecule has 1 atom stereocenters. The molecule has 6 nitrogen and oxygen atoms in total. The molecular formula is C21H20N2O4S. The van der Waals surface area contributed by atoms with Crippen LogP contribution in [0, 0.1) is 0 Å². The van der Waals surface area contributed by atoms with Gasteiger partial charge in [-0.2, -0.15) is 0 Å². The van der Waals surface area contributed by atoms with E-state index in [1.165, 1.54) is 18.2 Å². The zero-order valence-electron chi connectivity index (χ0n) is 15.5. The summed E-state index contributed by atoms with van der Waals surface area (Å²) in [6.45, 7) is 1.87. The molecule has 7 heteroatoms. The molecule has 1 aromatic heterocycles. The molecule has 0 aliphatic carbocycles. The molecule has 28 heavy (non-hydrogen) atoms. The minimum atomic E-state index is -3.26. The summed E-state index contributed by atoms with van der Waals surface area (Å²) in [6.07, 6.45) is 1.31. The minimum absolute atomic E-state index is 0.113. The number of Topliss-reactive ketones (excluding diaryl/α,β-unsaturated/α-hetero) is 1. The number of ketones is 1. The lowest BCUT2D eigenvalue weighted by atomic mass is 9.95. The molecule has 0 saturated heterocycles. The summed E-state index contributed by atoms with van der Waals surface area (Å²) in [5.74, 6) is -0.0491. The number of hydrogen-bond acceptors (Lipinski definition) is 5. The van der Waals surface area contributed by atoms with Crippen LogP contribution in [0.25, 0.3) is 11.4 Å².